The molecule has 6 heteroatoms. The first-order valence-corrected chi connectivity index (χ1v) is 9.73. The van der Waals surface area contributed by atoms with Crippen molar-refractivity contribution >= 4 is 40.5 Å². The number of rotatable bonds is 4. The van der Waals surface area contributed by atoms with Crippen molar-refractivity contribution in [1.29, 1.82) is 0 Å². The molecule has 0 spiro atoms. The second kappa shape index (κ2) is 7.61. The van der Waals surface area contributed by atoms with Crippen LogP contribution in [0.1, 0.15) is 25.7 Å². The summed E-state index contributed by atoms with van der Waals surface area (Å²) in [5.41, 5.74) is 2.63. The van der Waals surface area contributed by atoms with E-state index in [0.717, 1.165) is 18.8 Å². The van der Waals surface area contributed by atoms with Crippen molar-refractivity contribution < 1.29 is 9.59 Å². The Balaban J connectivity index is 1.46. The zero-order chi connectivity index (χ0) is 18.8. The summed E-state index contributed by atoms with van der Waals surface area (Å²) in [7, 11) is 0. The number of nitrogens with zero attached hydrogens (tertiary/aromatic N) is 2. The van der Waals surface area contributed by atoms with Crippen molar-refractivity contribution in [2.75, 3.05) is 28.2 Å². The van der Waals surface area contributed by atoms with Crippen LogP contribution in [0.4, 0.5) is 17.1 Å². The lowest BCUT2D eigenvalue weighted by Gasteiger charge is -2.24. The fourth-order valence-corrected chi connectivity index (χ4v) is 3.94. The van der Waals surface area contributed by atoms with Crippen molar-refractivity contribution in [3.8, 4) is 0 Å². The maximum Gasteiger partial charge on any atom is 0.247 e. The van der Waals surface area contributed by atoms with E-state index < -0.39 is 6.04 Å². The molecule has 5 nitrogen and oxygen atoms in total. The van der Waals surface area contributed by atoms with E-state index in [2.05, 4.69) is 10.2 Å². The molecule has 4 rings (SSSR count). The molecule has 1 N–H and O–H groups in total. The Morgan fingerprint density at radius 3 is 2.26 bits per heavy atom. The van der Waals surface area contributed by atoms with Crippen LogP contribution >= 0.6 is 11.6 Å². The molecule has 1 unspecified atom stereocenters. The standard InChI is InChI=1S/C21H22ClN3O2/c22-15-3-7-18(8-4-15)25-19(11-12-20(25)26)21(27)23-16-5-9-17(10-6-16)24-13-1-2-14-24/h3-10,19H,1-2,11-14H2,(H,23,27). The van der Waals surface area contributed by atoms with Crippen LogP contribution in [-0.4, -0.2) is 30.9 Å². The largest absolute Gasteiger partial charge is 0.372 e. The molecule has 2 aliphatic heterocycles. The van der Waals surface area contributed by atoms with Crippen molar-refractivity contribution in [2.24, 2.45) is 0 Å². The monoisotopic (exact) mass is 383 g/mol. The molecular formula is C21H22ClN3O2. The van der Waals surface area contributed by atoms with Crippen LogP contribution in [-0.2, 0) is 9.59 Å². The average Bonchev–Trinajstić information content (AvgIpc) is 3.33. The van der Waals surface area contributed by atoms with E-state index in [1.54, 1.807) is 29.2 Å². The molecule has 0 aromatic heterocycles. The summed E-state index contributed by atoms with van der Waals surface area (Å²) in [6.45, 7) is 2.18. The van der Waals surface area contributed by atoms with Gasteiger partial charge in [0.2, 0.25) is 11.8 Å². The van der Waals surface area contributed by atoms with E-state index >= 15 is 0 Å². The summed E-state index contributed by atoms with van der Waals surface area (Å²) >= 11 is 5.93. The fourth-order valence-electron chi connectivity index (χ4n) is 3.81. The van der Waals surface area contributed by atoms with E-state index in [-0.39, 0.29) is 11.8 Å². The molecule has 1 atom stereocenters. The van der Waals surface area contributed by atoms with Gasteiger partial charge in [-0.05, 0) is 67.8 Å². The Labute approximate surface area is 163 Å². The van der Waals surface area contributed by atoms with Gasteiger partial charge in [-0.15, -0.1) is 0 Å². The molecule has 2 aromatic rings. The maximum absolute atomic E-state index is 12.8. The highest BCUT2D eigenvalue weighted by atomic mass is 35.5. The lowest BCUT2D eigenvalue weighted by Crippen LogP contribution is -2.41. The van der Waals surface area contributed by atoms with Gasteiger partial charge < -0.3 is 10.2 Å². The van der Waals surface area contributed by atoms with Gasteiger partial charge in [0, 0.05) is 41.6 Å². The van der Waals surface area contributed by atoms with E-state index in [4.69, 9.17) is 11.6 Å². The first kappa shape index (κ1) is 17.9. The number of hydrogen-bond donors (Lipinski definition) is 1. The molecule has 0 bridgehead atoms. The predicted molar refractivity (Wildman–Crippen MR) is 108 cm³/mol. The van der Waals surface area contributed by atoms with Gasteiger partial charge in [-0.1, -0.05) is 11.6 Å². The summed E-state index contributed by atoms with van der Waals surface area (Å²) in [6, 6.07) is 14.4. The predicted octanol–water partition coefficient (Wildman–Crippen LogP) is 4.07. The van der Waals surface area contributed by atoms with Crippen LogP contribution in [0.5, 0.6) is 0 Å². The lowest BCUT2D eigenvalue weighted by atomic mass is 10.1. The molecular weight excluding hydrogens is 362 g/mol. The van der Waals surface area contributed by atoms with Crippen LogP contribution in [0.25, 0.3) is 0 Å². The van der Waals surface area contributed by atoms with E-state index in [9.17, 15) is 9.59 Å². The van der Waals surface area contributed by atoms with Crippen LogP contribution in [0.2, 0.25) is 5.02 Å². The SMILES string of the molecule is O=C(Nc1ccc(N2CCCC2)cc1)C1CCC(=O)N1c1ccc(Cl)cc1. The Morgan fingerprint density at radius 1 is 0.963 bits per heavy atom. The molecule has 2 amide bonds. The molecule has 2 aromatic carbocycles. The summed E-state index contributed by atoms with van der Waals surface area (Å²) in [5, 5.41) is 3.56. The van der Waals surface area contributed by atoms with Crippen LogP contribution < -0.4 is 15.1 Å². The van der Waals surface area contributed by atoms with Gasteiger partial charge in [0.05, 0.1) is 0 Å². The molecule has 0 saturated carbocycles. The average molecular weight is 384 g/mol. The molecule has 0 aliphatic carbocycles. The number of halogens is 1. The quantitative estimate of drug-likeness (QED) is 0.865. The van der Waals surface area contributed by atoms with E-state index in [1.165, 1.54) is 18.5 Å². The maximum atomic E-state index is 12.8. The zero-order valence-corrected chi connectivity index (χ0v) is 15.8. The smallest absolute Gasteiger partial charge is 0.247 e. The number of carbonyl (C=O) groups is 2. The Hall–Kier alpha value is -2.53. The molecule has 2 heterocycles. The van der Waals surface area contributed by atoms with Crippen molar-refractivity contribution in [1.82, 2.24) is 0 Å². The van der Waals surface area contributed by atoms with Crippen LogP contribution in [0.15, 0.2) is 48.5 Å². The van der Waals surface area contributed by atoms with E-state index in [0.29, 0.717) is 23.6 Å². The second-order valence-electron chi connectivity index (χ2n) is 7.02. The third-order valence-corrected chi connectivity index (χ3v) is 5.48. The van der Waals surface area contributed by atoms with Crippen LogP contribution in [0, 0.1) is 0 Å². The minimum atomic E-state index is -0.503. The zero-order valence-electron chi connectivity index (χ0n) is 15.0. The van der Waals surface area contributed by atoms with Gasteiger partial charge in [0.1, 0.15) is 6.04 Å². The number of anilines is 3. The molecule has 0 radical (unpaired) electrons. The first-order valence-electron chi connectivity index (χ1n) is 9.35. The third kappa shape index (κ3) is 3.78. The summed E-state index contributed by atoms with van der Waals surface area (Å²) in [4.78, 5) is 29.1. The Kier molecular flexibility index (Phi) is 5.03. The molecule has 27 heavy (non-hydrogen) atoms. The van der Waals surface area contributed by atoms with E-state index in [1.807, 2.05) is 24.3 Å². The molecule has 140 valence electrons. The molecule has 2 saturated heterocycles. The fraction of sp³-hybridized carbons (Fsp3) is 0.333. The first-order chi connectivity index (χ1) is 13.1. The topological polar surface area (TPSA) is 52.7 Å². The van der Waals surface area contributed by atoms with Gasteiger partial charge >= 0.3 is 0 Å². The highest BCUT2D eigenvalue weighted by Crippen LogP contribution is 2.29. The number of benzene rings is 2. The van der Waals surface area contributed by atoms with Gasteiger partial charge in [-0.25, -0.2) is 0 Å². The van der Waals surface area contributed by atoms with Gasteiger partial charge in [0.15, 0.2) is 0 Å². The van der Waals surface area contributed by atoms with Crippen LogP contribution in [0.3, 0.4) is 0 Å². The number of carbonyl (C=O) groups excluding carboxylic acids is 2. The summed E-state index contributed by atoms with van der Waals surface area (Å²) < 4.78 is 0. The minimum Gasteiger partial charge on any atom is -0.372 e. The van der Waals surface area contributed by atoms with Gasteiger partial charge in [-0.3, -0.25) is 14.5 Å². The number of hydrogen-bond acceptors (Lipinski definition) is 3. The minimum absolute atomic E-state index is 0.0400. The summed E-state index contributed by atoms with van der Waals surface area (Å²) in [5.74, 6) is -0.202. The lowest BCUT2D eigenvalue weighted by molar-refractivity contribution is -0.120. The number of nitrogens with one attached hydrogen (secondary N) is 1. The van der Waals surface area contributed by atoms with Gasteiger partial charge in [0.25, 0.3) is 0 Å². The van der Waals surface area contributed by atoms with Gasteiger partial charge in [-0.2, -0.15) is 0 Å². The molecule has 2 aliphatic rings. The second-order valence-corrected chi connectivity index (χ2v) is 7.46. The van der Waals surface area contributed by atoms with Crippen molar-refractivity contribution in [3.05, 3.63) is 53.6 Å². The van der Waals surface area contributed by atoms with Crippen molar-refractivity contribution in [3.63, 3.8) is 0 Å². The Bertz CT molecular complexity index is 830. The summed E-state index contributed by atoms with van der Waals surface area (Å²) in [6.07, 6.45) is 3.34. The highest BCUT2D eigenvalue weighted by molar-refractivity contribution is 6.30. The Morgan fingerprint density at radius 2 is 1.59 bits per heavy atom. The normalized spacial score (nSPS) is 19.6. The highest BCUT2D eigenvalue weighted by Gasteiger charge is 2.37. The molecule has 2 fully saturated rings. The van der Waals surface area contributed by atoms with Crippen molar-refractivity contribution in [2.45, 2.75) is 31.7 Å². The number of amides is 2. The third-order valence-electron chi connectivity index (χ3n) is 5.23.